The van der Waals surface area contributed by atoms with Gasteiger partial charge in [0.1, 0.15) is 0 Å². The van der Waals surface area contributed by atoms with Gasteiger partial charge in [0.05, 0.1) is 10.0 Å². The van der Waals surface area contributed by atoms with Crippen LogP contribution in [0.5, 0.6) is 0 Å². The molecule has 2 unspecified atom stereocenters. The van der Waals surface area contributed by atoms with Gasteiger partial charge in [-0.2, -0.15) is 0 Å². The van der Waals surface area contributed by atoms with Crippen molar-refractivity contribution in [3.63, 3.8) is 0 Å². The molecule has 112 valence electrons. The highest BCUT2D eigenvalue weighted by Gasteiger charge is 2.21. The van der Waals surface area contributed by atoms with Crippen molar-refractivity contribution in [2.24, 2.45) is 11.8 Å². The first kappa shape index (κ1) is 15.9. The van der Waals surface area contributed by atoms with Crippen molar-refractivity contribution < 1.29 is 4.39 Å². The van der Waals surface area contributed by atoms with E-state index in [0.717, 1.165) is 30.4 Å². The molecule has 4 heteroatoms. The zero-order valence-corrected chi connectivity index (χ0v) is 13.6. The molecule has 1 aliphatic rings. The summed E-state index contributed by atoms with van der Waals surface area (Å²) in [5.74, 6) is 1.03. The van der Waals surface area contributed by atoms with Gasteiger partial charge in [0, 0.05) is 11.7 Å². The maximum Gasteiger partial charge on any atom is 0.160 e. The van der Waals surface area contributed by atoms with Crippen LogP contribution >= 0.6 is 23.2 Å². The van der Waals surface area contributed by atoms with Gasteiger partial charge in [-0.3, -0.25) is 0 Å². The van der Waals surface area contributed by atoms with Crippen LogP contribution in [-0.2, 0) is 0 Å². The largest absolute Gasteiger partial charge is 0.382 e. The number of rotatable bonds is 3. The maximum atomic E-state index is 13.4. The van der Waals surface area contributed by atoms with Gasteiger partial charge in [-0.05, 0) is 43.2 Å². The Morgan fingerprint density at radius 2 is 1.75 bits per heavy atom. The molecule has 2 atom stereocenters. The molecule has 0 amide bonds. The third kappa shape index (κ3) is 4.02. The summed E-state index contributed by atoms with van der Waals surface area (Å²) in [6.07, 6.45) is 6.09. The molecular weight excluding hydrogens is 296 g/mol. The molecule has 0 aromatic heterocycles. The Bertz CT molecular complexity index is 439. The Labute approximate surface area is 130 Å². The fourth-order valence-electron chi connectivity index (χ4n) is 3.02. The molecule has 1 aliphatic carbocycles. The average molecular weight is 318 g/mol. The summed E-state index contributed by atoms with van der Waals surface area (Å²) in [4.78, 5) is 0. The van der Waals surface area contributed by atoms with Crippen molar-refractivity contribution in [3.05, 3.63) is 28.0 Å². The molecule has 0 bridgehead atoms. The van der Waals surface area contributed by atoms with Crippen molar-refractivity contribution in [2.75, 3.05) is 5.32 Å². The highest BCUT2D eigenvalue weighted by atomic mass is 35.5. The van der Waals surface area contributed by atoms with Gasteiger partial charge in [-0.1, -0.05) is 49.9 Å². The molecule has 1 aromatic carbocycles. The third-order valence-electron chi connectivity index (χ3n) is 4.31. The van der Waals surface area contributed by atoms with Crippen LogP contribution in [0.3, 0.4) is 0 Å². The highest BCUT2D eigenvalue weighted by Crippen LogP contribution is 2.32. The van der Waals surface area contributed by atoms with E-state index in [2.05, 4.69) is 19.2 Å². The van der Waals surface area contributed by atoms with Crippen molar-refractivity contribution in [3.8, 4) is 0 Å². The van der Waals surface area contributed by atoms with Crippen LogP contribution in [0.1, 0.15) is 46.0 Å². The van der Waals surface area contributed by atoms with Crippen LogP contribution in [0, 0.1) is 17.7 Å². The van der Waals surface area contributed by atoms with Crippen LogP contribution in [0.15, 0.2) is 12.1 Å². The average Bonchev–Trinajstić information content (AvgIpc) is 2.61. The molecular formula is C16H22Cl2FN. The Balaban J connectivity index is 2.00. The minimum atomic E-state index is -0.542. The summed E-state index contributed by atoms with van der Waals surface area (Å²) in [6.45, 7) is 4.61. The van der Waals surface area contributed by atoms with Crippen molar-refractivity contribution in [2.45, 2.75) is 52.0 Å². The maximum absolute atomic E-state index is 13.4. The second-order valence-corrected chi connectivity index (χ2v) is 6.92. The summed E-state index contributed by atoms with van der Waals surface area (Å²) in [6, 6.07) is 3.66. The Kier molecular flexibility index (Phi) is 5.57. The monoisotopic (exact) mass is 317 g/mol. The Hall–Kier alpha value is -0.470. The lowest BCUT2D eigenvalue weighted by Gasteiger charge is -2.20. The molecule has 1 N–H and O–H groups in total. The van der Waals surface area contributed by atoms with Gasteiger partial charge >= 0.3 is 0 Å². The summed E-state index contributed by atoms with van der Waals surface area (Å²) >= 11 is 11.7. The topological polar surface area (TPSA) is 12.0 Å². The molecule has 1 fully saturated rings. The van der Waals surface area contributed by atoms with E-state index in [1.54, 1.807) is 12.1 Å². The SMILES string of the molecule is CC(C)C1CCCC(Nc2cc(Cl)c(F)c(Cl)c2)CC1. The fraction of sp³-hybridized carbons (Fsp3) is 0.625. The Morgan fingerprint density at radius 1 is 1.10 bits per heavy atom. The number of benzene rings is 1. The normalized spacial score (nSPS) is 23.7. The predicted octanol–water partition coefficient (Wildman–Crippen LogP) is 6.15. The molecule has 0 saturated heterocycles. The second-order valence-electron chi connectivity index (χ2n) is 6.11. The lowest BCUT2D eigenvalue weighted by atomic mass is 9.89. The smallest absolute Gasteiger partial charge is 0.160 e. The fourth-order valence-corrected chi connectivity index (χ4v) is 3.50. The Morgan fingerprint density at radius 3 is 2.35 bits per heavy atom. The molecule has 0 heterocycles. The number of hydrogen-bond acceptors (Lipinski definition) is 1. The molecule has 1 aromatic rings. The van der Waals surface area contributed by atoms with Gasteiger partial charge < -0.3 is 5.32 Å². The minimum absolute atomic E-state index is 0.0775. The standard InChI is InChI=1S/C16H22Cl2FN/c1-10(2)11-4-3-5-12(7-6-11)20-13-8-14(17)16(19)15(18)9-13/h8-12,20H,3-7H2,1-2H3. The molecule has 1 nitrogen and oxygen atoms in total. The summed E-state index contributed by atoms with van der Waals surface area (Å²) in [7, 11) is 0. The van der Waals surface area contributed by atoms with E-state index < -0.39 is 5.82 Å². The minimum Gasteiger partial charge on any atom is -0.382 e. The van der Waals surface area contributed by atoms with E-state index in [1.807, 2.05) is 0 Å². The second kappa shape index (κ2) is 7.00. The van der Waals surface area contributed by atoms with E-state index >= 15 is 0 Å². The molecule has 0 aliphatic heterocycles. The third-order valence-corrected chi connectivity index (χ3v) is 4.86. The van der Waals surface area contributed by atoms with E-state index in [1.165, 1.54) is 19.3 Å². The quantitative estimate of drug-likeness (QED) is 0.520. The van der Waals surface area contributed by atoms with Crippen LogP contribution in [-0.4, -0.2) is 6.04 Å². The van der Waals surface area contributed by atoms with E-state index in [-0.39, 0.29) is 10.0 Å². The van der Waals surface area contributed by atoms with Gasteiger partial charge in [0.2, 0.25) is 0 Å². The lowest BCUT2D eigenvalue weighted by Crippen LogP contribution is -2.18. The van der Waals surface area contributed by atoms with Crippen molar-refractivity contribution in [1.82, 2.24) is 0 Å². The number of anilines is 1. The number of nitrogens with one attached hydrogen (secondary N) is 1. The van der Waals surface area contributed by atoms with Crippen molar-refractivity contribution >= 4 is 28.9 Å². The predicted molar refractivity (Wildman–Crippen MR) is 85.2 cm³/mol. The first-order valence-electron chi connectivity index (χ1n) is 7.38. The summed E-state index contributed by atoms with van der Waals surface area (Å²) in [5, 5.41) is 3.61. The molecule has 0 spiro atoms. The molecule has 20 heavy (non-hydrogen) atoms. The van der Waals surface area contributed by atoms with E-state index in [4.69, 9.17) is 23.2 Å². The van der Waals surface area contributed by atoms with Crippen LogP contribution in [0.2, 0.25) is 10.0 Å². The molecule has 0 radical (unpaired) electrons. The molecule has 1 saturated carbocycles. The summed E-state index contributed by atoms with van der Waals surface area (Å²) < 4.78 is 13.4. The van der Waals surface area contributed by atoms with E-state index in [0.29, 0.717) is 6.04 Å². The van der Waals surface area contributed by atoms with Crippen LogP contribution in [0.4, 0.5) is 10.1 Å². The zero-order chi connectivity index (χ0) is 14.7. The van der Waals surface area contributed by atoms with Crippen molar-refractivity contribution in [1.29, 1.82) is 0 Å². The number of hydrogen-bond donors (Lipinski definition) is 1. The molecule has 2 rings (SSSR count). The zero-order valence-electron chi connectivity index (χ0n) is 12.1. The van der Waals surface area contributed by atoms with Gasteiger partial charge in [-0.15, -0.1) is 0 Å². The van der Waals surface area contributed by atoms with Crippen LogP contribution in [0.25, 0.3) is 0 Å². The van der Waals surface area contributed by atoms with Gasteiger partial charge in [-0.25, -0.2) is 4.39 Å². The van der Waals surface area contributed by atoms with Gasteiger partial charge in [0.25, 0.3) is 0 Å². The first-order valence-corrected chi connectivity index (χ1v) is 8.14. The van der Waals surface area contributed by atoms with Gasteiger partial charge in [0.15, 0.2) is 5.82 Å². The highest BCUT2D eigenvalue weighted by molar-refractivity contribution is 6.35. The van der Waals surface area contributed by atoms with E-state index in [9.17, 15) is 4.39 Å². The lowest BCUT2D eigenvalue weighted by molar-refractivity contribution is 0.341. The summed E-state index contributed by atoms with van der Waals surface area (Å²) in [5.41, 5.74) is 0.814. The van der Waals surface area contributed by atoms with Crippen LogP contribution < -0.4 is 5.32 Å². The first-order chi connectivity index (χ1) is 9.47. The number of halogens is 3.